The Labute approximate surface area is 82.6 Å². The number of hydrogen-bond donors (Lipinski definition) is 2. The second-order valence-electron chi connectivity index (χ2n) is 2.93. The zero-order chi connectivity index (χ0) is 10.6. The molecular weight excluding hydrogens is 188 g/mol. The van der Waals surface area contributed by atoms with Crippen molar-refractivity contribution < 1.29 is 24.4 Å². The van der Waals surface area contributed by atoms with Crippen LogP contribution in [0.4, 0.5) is 0 Å². The Bertz CT molecular complexity index is 210. The third-order valence-corrected chi connectivity index (χ3v) is 2.07. The first kappa shape index (κ1) is 11.4. The van der Waals surface area contributed by atoms with Crippen molar-refractivity contribution in [1.82, 2.24) is 0 Å². The first-order valence-electron chi connectivity index (χ1n) is 4.26. The third-order valence-electron chi connectivity index (χ3n) is 2.07. The van der Waals surface area contributed by atoms with E-state index in [2.05, 4.69) is 5.92 Å². The highest BCUT2D eigenvalue weighted by Gasteiger charge is 2.44. The van der Waals surface area contributed by atoms with E-state index >= 15 is 0 Å². The summed E-state index contributed by atoms with van der Waals surface area (Å²) in [6.45, 7) is -0.208. The van der Waals surface area contributed by atoms with E-state index in [9.17, 15) is 5.11 Å². The second kappa shape index (κ2) is 5.29. The van der Waals surface area contributed by atoms with Gasteiger partial charge in [0.2, 0.25) is 0 Å². The van der Waals surface area contributed by atoms with Gasteiger partial charge in [-0.1, -0.05) is 5.92 Å². The van der Waals surface area contributed by atoms with Crippen LogP contribution in [-0.2, 0) is 14.2 Å². The van der Waals surface area contributed by atoms with Gasteiger partial charge in [0.1, 0.15) is 24.9 Å². The topological polar surface area (TPSA) is 68.2 Å². The van der Waals surface area contributed by atoms with Crippen LogP contribution < -0.4 is 0 Å². The summed E-state index contributed by atoms with van der Waals surface area (Å²) in [5, 5.41) is 18.5. The molecule has 0 radical (unpaired) electrons. The molecule has 1 rings (SSSR count). The average Bonchev–Trinajstić information content (AvgIpc) is 2.52. The van der Waals surface area contributed by atoms with E-state index in [0.717, 1.165) is 0 Å². The van der Waals surface area contributed by atoms with Crippen LogP contribution in [0.25, 0.3) is 0 Å². The monoisotopic (exact) mass is 202 g/mol. The molecule has 4 atom stereocenters. The summed E-state index contributed by atoms with van der Waals surface area (Å²) in [6.07, 6.45) is 2.09. The maximum Gasteiger partial charge on any atom is 0.186 e. The largest absolute Gasteiger partial charge is 0.394 e. The molecular formula is C9H14O5. The Balaban J connectivity index is 2.56. The van der Waals surface area contributed by atoms with Crippen LogP contribution in [0.3, 0.4) is 0 Å². The van der Waals surface area contributed by atoms with Crippen molar-refractivity contribution in [2.45, 2.75) is 24.6 Å². The Morgan fingerprint density at radius 3 is 2.79 bits per heavy atom. The minimum absolute atomic E-state index is 0.0725. The quantitative estimate of drug-likeness (QED) is 0.556. The van der Waals surface area contributed by atoms with Crippen molar-refractivity contribution in [2.75, 3.05) is 20.3 Å². The Morgan fingerprint density at radius 2 is 2.29 bits per heavy atom. The van der Waals surface area contributed by atoms with Gasteiger partial charge in [-0.2, -0.15) is 0 Å². The lowest BCUT2D eigenvalue weighted by Crippen LogP contribution is -2.37. The van der Waals surface area contributed by atoms with Gasteiger partial charge in [-0.15, -0.1) is 6.42 Å². The number of terminal acetylenes is 1. The molecule has 0 aromatic heterocycles. The second-order valence-corrected chi connectivity index (χ2v) is 2.93. The Hall–Kier alpha value is -0.640. The van der Waals surface area contributed by atoms with Gasteiger partial charge in [0, 0.05) is 7.11 Å². The van der Waals surface area contributed by atoms with E-state index in [-0.39, 0.29) is 13.2 Å². The Morgan fingerprint density at radius 1 is 1.57 bits per heavy atom. The van der Waals surface area contributed by atoms with Crippen LogP contribution in [0.2, 0.25) is 0 Å². The lowest BCUT2D eigenvalue weighted by molar-refractivity contribution is -0.162. The van der Waals surface area contributed by atoms with Gasteiger partial charge in [-0.25, -0.2) is 0 Å². The van der Waals surface area contributed by atoms with Gasteiger partial charge < -0.3 is 24.4 Å². The fourth-order valence-electron chi connectivity index (χ4n) is 1.36. The van der Waals surface area contributed by atoms with E-state index in [1.165, 1.54) is 7.11 Å². The molecule has 1 aliphatic heterocycles. The van der Waals surface area contributed by atoms with Crippen LogP contribution in [0, 0.1) is 12.3 Å². The molecule has 14 heavy (non-hydrogen) atoms. The minimum atomic E-state index is -0.918. The van der Waals surface area contributed by atoms with Crippen LogP contribution in [-0.4, -0.2) is 55.1 Å². The highest BCUT2D eigenvalue weighted by Crippen LogP contribution is 2.23. The maximum absolute atomic E-state index is 9.62. The zero-order valence-electron chi connectivity index (χ0n) is 7.92. The van der Waals surface area contributed by atoms with Crippen molar-refractivity contribution in [3.63, 3.8) is 0 Å². The molecule has 0 aromatic rings. The van der Waals surface area contributed by atoms with Gasteiger partial charge in [-0.05, 0) is 0 Å². The van der Waals surface area contributed by atoms with E-state index < -0.39 is 24.6 Å². The highest BCUT2D eigenvalue weighted by atomic mass is 16.7. The molecule has 80 valence electrons. The van der Waals surface area contributed by atoms with Crippen LogP contribution in [0.5, 0.6) is 0 Å². The fraction of sp³-hybridized carbons (Fsp3) is 0.778. The van der Waals surface area contributed by atoms with Gasteiger partial charge in [-0.3, -0.25) is 0 Å². The van der Waals surface area contributed by atoms with Crippen LogP contribution in [0.15, 0.2) is 0 Å². The molecule has 0 aromatic carbocycles. The summed E-state index contributed by atoms with van der Waals surface area (Å²) in [5.41, 5.74) is 0. The molecule has 0 amide bonds. The number of aliphatic hydroxyl groups excluding tert-OH is 2. The van der Waals surface area contributed by atoms with E-state index in [0.29, 0.717) is 0 Å². The molecule has 0 bridgehead atoms. The van der Waals surface area contributed by atoms with Crippen molar-refractivity contribution in [1.29, 1.82) is 0 Å². The van der Waals surface area contributed by atoms with Crippen molar-refractivity contribution in [3.05, 3.63) is 0 Å². The zero-order valence-corrected chi connectivity index (χ0v) is 7.92. The van der Waals surface area contributed by atoms with Gasteiger partial charge in [0.05, 0.1) is 6.61 Å². The number of hydrogen-bond acceptors (Lipinski definition) is 5. The average molecular weight is 202 g/mol. The summed E-state index contributed by atoms with van der Waals surface area (Å²) >= 11 is 0. The molecule has 1 heterocycles. The lowest BCUT2D eigenvalue weighted by Gasteiger charge is -2.18. The predicted molar refractivity (Wildman–Crippen MR) is 47.3 cm³/mol. The number of rotatable bonds is 4. The van der Waals surface area contributed by atoms with E-state index in [4.69, 9.17) is 25.7 Å². The summed E-state index contributed by atoms with van der Waals surface area (Å²) < 4.78 is 15.3. The van der Waals surface area contributed by atoms with Crippen molar-refractivity contribution >= 4 is 0 Å². The number of aliphatic hydroxyl groups is 2. The fourth-order valence-corrected chi connectivity index (χ4v) is 1.36. The first-order chi connectivity index (χ1) is 6.74. The normalized spacial score (nSPS) is 37.0. The minimum Gasteiger partial charge on any atom is -0.394 e. The summed E-state index contributed by atoms with van der Waals surface area (Å²) in [4.78, 5) is 0. The number of methoxy groups -OCH3 is 1. The molecule has 1 saturated heterocycles. The van der Waals surface area contributed by atoms with Crippen LogP contribution in [0.1, 0.15) is 0 Å². The molecule has 5 nitrogen and oxygen atoms in total. The van der Waals surface area contributed by atoms with Crippen LogP contribution >= 0.6 is 0 Å². The lowest BCUT2D eigenvalue weighted by atomic mass is 10.1. The van der Waals surface area contributed by atoms with E-state index in [1.54, 1.807) is 0 Å². The summed E-state index contributed by atoms with van der Waals surface area (Å²) in [5.74, 6) is 2.29. The number of ether oxygens (including phenoxy) is 3. The SMILES string of the molecule is C#CCO[C@H]1[C@H](OC)OC(CO)[C@H]1O. The smallest absolute Gasteiger partial charge is 0.186 e. The molecule has 0 spiro atoms. The molecule has 2 N–H and O–H groups in total. The highest BCUT2D eigenvalue weighted by molar-refractivity contribution is 4.90. The van der Waals surface area contributed by atoms with Gasteiger partial charge in [0.15, 0.2) is 6.29 Å². The molecule has 5 heteroatoms. The predicted octanol–water partition coefficient (Wildman–Crippen LogP) is -1.27. The molecule has 0 aliphatic carbocycles. The van der Waals surface area contributed by atoms with E-state index in [1.807, 2.05) is 0 Å². The molecule has 1 unspecified atom stereocenters. The van der Waals surface area contributed by atoms with Gasteiger partial charge >= 0.3 is 0 Å². The third kappa shape index (κ3) is 2.23. The molecule has 0 saturated carbocycles. The van der Waals surface area contributed by atoms with Crippen molar-refractivity contribution in [2.24, 2.45) is 0 Å². The summed E-state index contributed by atoms with van der Waals surface area (Å²) in [6, 6.07) is 0. The molecule has 1 fully saturated rings. The summed E-state index contributed by atoms with van der Waals surface area (Å²) in [7, 11) is 1.43. The molecule has 1 aliphatic rings. The maximum atomic E-state index is 9.62. The Kier molecular flexibility index (Phi) is 4.32. The standard InChI is InChI=1S/C9H14O5/c1-3-4-13-8-7(11)6(5-10)14-9(8)12-2/h1,6-11H,4-5H2,2H3/t6?,7-,8-,9-/m1/s1. The van der Waals surface area contributed by atoms with Gasteiger partial charge in [0.25, 0.3) is 0 Å². The first-order valence-corrected chi connectivity index (χ1v) is 4.26. The van der Waals surface area contributed by atoms with Crippen molar-refractivity contribution in [3.8, 4) is 12.3 Å².